The van der Waals surface area contributed by atoms with Crippen LogP contribution in [0.1, 0.15) is 56.6 Å². The van der Waals surface area contributed by atoms with Crippen molar-refractivity contribution in [3.05, 3.63) is 35.4 Å². The van der Waals surface area contributed by atoms with Gasteiger partial charge < -0.3 is 16.0 Å². The van der Waals surface area contributed by atoms with Gasteiger partial charge in [0, 0.05) is 32.1 Å². The maximum atomic E-state index is 12.8. The molecule has 27 heavy (non-hydrogen) atoms. The molecule has 0 aliphatic carbocycles. The maximum absolute atomic E-state index is 12.8. The Bertz CT molecular complexity index is 577. The highest BCUT2D eigenvalue weighted by Gasteiger charge is 2.26. The number of halogens is 1. The SMILES string of the molecule is CCCCc1ccc(CC(=O)N2CCCCC2CNC(=O)CCN)cc1.Cl. The zero-order valence-corrected chi connectivity index (χ0v) is 17.2. The Morgan fingerprint density at radius 1 is 1.19 bits per heavy atom. The molecule has 1 heterocycles. The normalized spacial score (nSPS) is 16.5. The molecular weight excluding hydrogens is 362 g/mol. The van der Waals surface area contributed by atoms with E-state index in [1.165, 1.54) is 18.4 Å². The van der Waals surface area contributed by atoms with Crippen LogP contribution in [0.15, 0.2) is 24.3 Å². The van der Waals surface area contributed by atoms with E-state index < -0.39 is 0 Å². The van der Waals surface area contributed by atoms with Gasteiger partial charge in [0.25, 0.3) is 0 Å². The minimum Gasteiger partial charge on any atom is -0.354 e. The molecule has 1 aliphatic heterocycles. The zero-order valence-electron chi connectivity index (χ0n) is 16.4. The fourth-order valence-electron chi connectivity index (χ4n) is 3.47. The number of nitrogens with one attached hydrogen (secondary N) is 1. The van der Waals surface area contributed by atoms with Crippen LogP contribution in [0.2, 0.25) is 0 Å². The molecule has 1 aromatic carbocycles. The van der Waals surface area contributed by atoms with Crippen molar-refractivity contribution >= 4 is 24.2 Å². The van der Waals surface area contributed by atoms with Gasteiger partial charge >= 0.3 is 0 Å². The molecule has 0 aromatic heterocycles. The molecular formula is C21H34ClN3O2. The molecule has 1 aromatic rings. The minimum absolute atomic E-state index is 0. The summed E-state index contributed by atoms with van der Waals surface area (Å²) in [4.78, 5) is 26.4. The monoisotopic (exact) mass is 395 g/mol. The Kier molecular flexibility index (Phi) is 11.1. The number of amides is 2. The number of hydrogen-bond donors (Lipinski definition) is 2. The highest BCUT2D eigenvalue weighted by molar-refractivity contribution is 5.85. The first-order valence-electron chi connectivity index (χ1n) is 9.98. The van der Waals surface area contributed by atoms with Crippen LogP contribution < -0.4 is 11.1 Å². The molecule has 2 amide bonds. The van der Waals surface area contributed by atoms with Crippen molar-refractivity contribution in [2.45, 2.75) is 64.3 Å². The molecule has 1 fully saturated rings. The van der Waals surface area contributed by atoms with Gasteiger partial charge in [-0.15, -0.1) is 12.4 Å². The lowest BCUT2D eigenvalue weighted by molar-refractivity contribution is -0.134. The first-order valence-corrected chi connectivity index (χ1v) is 9.98. The molecule has 1 saturated heterocycles. The third-order valence-electron chi connectivity index (χ3n) is 5.05. The third kappa shape index (κ3) is 7.89. The lowest BCUT2D eigenvalue weighted by atomic mass is 10.00. The number of hydrogen-bond acceptors (Lipinski definition) is 3. The Morgan fingerprint density at radius 3 is 2.56 bits per heavy atom. The lowest BCUT2D eigenvalue weighted by Crippen LogP contribution is -2.50. The van der Waals surface area contributed by atoms with E-state index >= 15 is 0 Å². The third-order valence-corrected chi connectivity index (χ3v) is 5.05. The molecule has 152 valence electrons. The van der Waals surface area contributed by atoms with Crippen LogP contribution in [-0.2, 0) is 22.4 Å². The van der Waals surface area contributed by atoms with Crippen LogP contribution in [0, 0.1) is 0 Å². The first-order chi connectivity index (χ1) is 12.6. The molecule has 0 spiro atoms. The van der Waals surface area contributed by atoms with E-state index in [1.807, 2.05) is 4.90 Å². The summed E-state index contributed by atoms with van der Waals surface area (Å²) in [6.07, 6.45) is 7.35. The predicted octanol–water partition coefficient (Wildman–Crippen LogP) is 2.84. The molecule has 1 unspecified atom stereocenters. The number of nitrogens with two attached hydrogens (primary N) is 1. The summed E-state index contributed by atoms with van der Waals surface area (Å²) in [5.41, 5.74) is 7.81. The molecule has 1 aliphatic rings. The predicted molar refractivity (Wildman–Crippen MR) is 112 cm³/mol. The quantitative estimate of drug-likeness (QED) is 0.675. The van der Waals surface area contributed by atoms with E-state index in [0.29, 0.717) is 25.9 Å². The fourth-order valence-corrected chi connectivity index (χ4v) is 3.47. The second-order valence-corrected chi connectivity index (χ2v) is 7.18. The number of unbranched alkanes of at least 4 members (excludes halogenated alkanes) is 1. The number of piperidine rings is 1. The van der Waals surface area contributed by atoms with Gasteiger partial charge in [0.05, 0.1) is 6.42 Å². The molecule has 0 saturated carbocycles. The van der Waals surface area contributed by atoms with Gasteiger partial charge in [-0.05, 0) is 43.2 Å². The highest BCUT2D eigenvalue weighted by atomic mass is 35.5. The van der Waals surface area contributed by atoms with Crippen molar-refractivity contribution < 1.29 is 9.59 Å². The van der Waals surface area contributed by atoms with Crippen molar-refractivity contribution in [3.8, 4) is 0 Å². The Balaban J connectivity index is 0.00000364. The number of carbonyl (C=O) groups excluding carboxylic acids is 2. The van der Waals surface area contributed by atoms with Gasteiger partial charge in [-0.3, -0.25) is 9.59 Å². The summed E-state index contributed by atoms with van der Waals surface area (Å²) in [6, 6.07) is 8.52. The standard InChI is InChI=1S/C21H33N3O2.ClH/c1-2-3-6-17-8-10-18(11-9-17)15-21(26)24-14-5-4-7-19(24)16-23-20(25)12-13-22;/h8-11,19H,2-7,12-16,22H2,1H3,(H,23,25);1H. The summed E-state index contributed by atoms with van der Waals surface area (Å²) in [7, 11) is 0. The van der Waals surface area contributed by atoms with Gasteiger partial charge in [-0.2, -0.15) is 0 Å². The van der Waals surface area contributed by atoms with E-state index in [2.05, 4.69) is 36.5 Å². The zero-order chi connectivity index (χ0) is 18.8. The molecule has 1 atom stereocenters. The number of nitrogens with zero attached hydrogens (tertiary/aromatic N) is 1. The molecule has 6 heteroatoms. The van der Waals surface area contributed by atoms with E-state index in [9.17, 15) is 9.59 Å². The van der Waals surface area contributed by atoms with Gasteiger partial charge in [0.15, 0.2) is 0 Å². The lowest BCUT2D eigenvalue weighted by Gasteiger charge is -2.36. The largest absolute Gasteiger partial charge is 0.354 e. The van der Waals surface area contributed by atoms with Gasteiger partial charge in [0.1, 0.15) is 0 Å². The summed E-state index contributed by atoms with van der Waals surface area (Å²) >= 11 is 0. The van der Waals surface area contributed by atoms with E-state index in [4.69, 9.17) is 5.73 Å². The molecule has 0 radical (unpaired) electrons. The average molecular weight is 396 g/mol. The number of rotatable bonds is 9. The molecule has 0 bridgehead atoms. The molecule has 5 nitrogen and oxygen atoms in total. The second-order valence-electron chi connectivity index (χ2n) is 7.18. The van der Waals surface area contributed by atoms with Crippen molar-refractivity contribution in [1.82, 2.24) is 10.2 Å². The Hall–Kier alpha value is -1.59. The minimum atomic E-state index is -0.0341. The van der Waals surface area contributed by atoms with Gasteiger partial charge in [-0.1, -0.05) is 37.6 Å². The maximum Gasteiger partial charge on any atom is 0.227 e. The number of aryl methyl sites for hydroxylation is 1. The summed E-state index contributed by atoms with van der Waals surface area (Å²) in [6.45, 7) is 3.86. The van der Waals surface area contributed by atoms with Gasteiger partial charge in [-0.25, -0.2) is 0 Å². The average Bonchev–Trinajstić information content (AvgIpc) is 2.66. The van der Waals surface area contributed by atoms with E-state index in [0.717, 1.165) is 37.8 Å². The Morgan fingerprint density at radius 2 is 1.89 bits per heavy atom. The summed E-state index contributed by atoms with van der Waals surface area (Å²) in [5.74, 6) is 0.122. The van der Waals surface area contributed by atoms with Crippen LogP contribution in [0.4, 0.5) is 0 Å². The van der Waals surface area contributed by atoms with Crippen LogP contribution in [0.25, 0.3) is 0 Å². The van der Waals surface area contributed by atoms with Crippen LogP contribution in [0.3, 0.4) is 0 Å². The fraction of sp³-hybridized carbons (Fsp3) is 0.619. The van der Waals surface area contributed by atoms with Crippen LogP contribution in [0.5, 0.6) is 0 Å². The highest BCUT2D eigenvalue weighted by Crippen LogP contribution is 2.18. The summed E-state index contributed by atoms with van der Waals surface area (Å²) < 4.78 is 0. The first kappa shape index (κ1) is 23.4. The number of benzene rings is 1. The van der Waals surface area contributed by atoms with Crippen molar-refractivity contribution in [3.63, 3.8) is 0 Å². The topological polar surface area (TPSA) is 75.4 Å². The summed E-state index contributed by atoms with van der Waals surface area (Å²) in [5, 5.41) is 2.92. The van der Waals surface area contributed by atoms with Crippen LogP contribution in [-0.4, -0.2) is 42.4 Å². The number of likely N-dealkylation sites (tertiary alicyclic amines) is 1. The van der Waals surface area contributed by atoms with Crippen LogP contribution >= 0.6 is 12.4 Å². The Labute approximate surface area is 169 Å². The van der Waals surface area contributed by atoms with Crippen molar-refractivity contribution in [2.75, 3.05) is 19.6 Å². The van der Waals surface area contributed by atoms with Gasteiger partial charge in [0.2, 0.25) is 11.8 Å². The van der Waals surface area contributed by atoms with E-state index in [1.54, 1.807) is 0 Å². The second kappa shape index (κ2) is 12.7. The molecule has 3 N–H and O–H groups in total. The van der Waals surface area contributed by atoms with Crippen molar-refractivity contribution in [2.24, 2.45) is 5.73 Å². The number of carbonyl (C=O) groups is 2. The smallest absolute Gasteiger partial charge is 0.227 e. The van der Waals surface area contributed by atoms with Crippen molar-refractivity contribution in [1.29, 1.82) is 0 Å². The molecule has 2 rings (SSSR count). The van der Waals surface area contributed by atoms with E-state index in [-0.39, 0.29) is 30.3 Å².